The molecule has 0 saturated carbocycles. The van der Waals surface area contributed by atoms with Crippen LogP contribution in [-0.2, 0) is 0 Å². The number of allylic oxidation sites excluding steroid dienone is 2. The summed E-state index contributed by atoms with van der Waals surface area (Å²) in [5.74, 6) is -2.86. The van der Waals surface area contributed by atoms with Gasteiger partial charge in [-0.1, -0.05) is 24.3 Å². The minimum absolute atomic E-state index is 0.152. The number of nitrogens with one attached hydrogen (secondary N) is 2. The molecule has 0 saturated heterocycles. The minimum Gasteiger partial charge on any atom is -0.344 e. The molecule has 1 unspecified atom stereocenters. The highest BCUT2D eigenvalue weighted by molar-refractivity contribution is 5.99. The van der Waals surface area contributed by atoms with Crippen LogP contribution in [0.4, 0.5) is 8.78 Å². The van der Waals surface area contributed by atoms with E-state index in [0.717, 1.165) is 27.7 Å². The lowest BCUT2D eigenvalue weighted by molar-refractivity contribution is -0.00602. The van der Waals surface area contributed by atoms with E-state index in [1.807, 2.05) is 25.1 Å². The number of aromatic amines is 1. The first kappa shape index (κ1) is 18.3. The molecule has 0 spiro atoms. The number of rotatable bonds is 4. The van der Waals surface area contributed by atoms with Crippen LogP contribution in [0.25, 0.3) is 16.5 Å². The third-order valence-corrected chi connectivity index (χ3v) is 5.06. The van der Waals surface area contributed by atoms with Crippen molar-refractivity contribution in [1.82, 2.24) is 20.5 Å². The number of para-hydroxylation sites is 1. The molecule has 1 aromatic carbocycles. The van der Waals surface area contributed by atoms with Gasteiger partial charge in [-0.3, -0.25) is 14.9 Å². The zero-order valence-corrected chi connectivity index (χ0v) is 15.4. The summed E-state index contributed by atoms with van der Waals surface area (Å²) in [4.78, 5) is 17.0. The largest absolute Gasteiger partial charge is 0.344 e. The maximum atomic E-state index is 13.4. The average Bonchev–Trinajstić information content (AvgIpc) is 3.22. The highest BCUT2D eigenvalue weighted by Gasteiger charge is 2.31. The third-order valence-electron chi connectivity index (χ3n) is 5.06. The van der Waals surface area contributed by atoms with E-state index in [1.54, 1.807) is 24.4 Å². The Balaban J connectivity index is 1.60. The first-order valence-electron chi connectivity index (χ1n) is 9.19. The molecule has 2 N–H and O–H groups in total. The molecule has 5 nitrogen and oxygen atoms in total. The van der Waals surface area contributed by atoms with Crippen molar-refractivity contribution in [2.24, 2.45) is 0 Å². The first-order chi connectivity index (χ1) is 13.4. The molecule has 2 heterocycles. The fourth-order valence-corrected chi connectivity index (χ4v) is 3.45. The van der Waals surface area contributed by atoms with Gasteiger partial charge in [0.25, 0.3) is 11.8 Å². The predicted octanol–water partition coefficient (Wildman–Crippen LogP) is 4.65. The van der Waals surface area contributed by atoms with Crippen LogP contribution < -0.4 is 5.32 Å². The van der Waals surface area contributed by atoms with Gasteiger partial charge in [-0.05, 0) is 31.1 Å². The third kappa shape index (κ3) is 3.65. The van der Waals surface area contributed by atoms with Crippen LogP contribution in [0.15, 0.2) is 48.8 Å². The molecule has 1 amide bonds. The Bertz CT molecular complexity index is 1040. The monoisotopic (exact) mass is 382 g/mol. The molecule has 1 aliphatic carbocycles. The normalized spacial score (nSPS) is 17.2. The first-order valence-corrected chi connectivity index (χ1v) is 9.19. The predicted molar refractivity (Wildman–Crippen MR) is 103 cm³/mol. The Morgan fingerprint density at radius 2 is 2.18 bits per heavy atom. The number of carbonyl (C=O) groups is 1. The number of hydrogen-bond acceptors (Lipinski definition) is 3. The number of hydrogen-bond donors (Lipinski definition) is 2. The summed E-state index contributed by atoms with van der Waals surface area (Å²) < 4.78 is 26.9. The Labute approximate surface area is 160 Å². The van der Waals surface area contributed by atoms with E-state index >= 15 is 0 Å². The Hall–Kier alpha value is -3.09. The second-order valence-corrected chi connectivity index (χ2v) is 7.10. The lowest BCUT2D eigenvalue weighted by atomic mass is 9.90. The van der Waals surface area contributed by atoms with Crippen molar-refractivity contribution in [1.29, 1.82) is 0 Å². The fraction of sp³-hybridized carbons (Fsp3) is 0.286. The number of benzene rings is 1. The molecular weight excluding hydrogens is 362 g/mol. The summed E-state index contributed by atoms with van der Waals surface area (Å²) in [7, 11) is 0. The SMILES string of the molecule is CC(NC(=O)c1cnc2c(C3=CCC(F)(F)CC3)cccc2c1)c1ccn[nH]1. The fourth-order valence-electron chi connectivity index (χ4n) is 3.45. The molecule has 0 fully saturated rings. The zero-order chi connectivity index (χ0) is 19.7. The summed E-state index contributed by atoms with van der Waals surface area (Å²) in [6.45, 7) is 1.86. The van der Waals surface area contributed by atoms with Gasteiger partial charge < -0.3 is 5.32 Å². The van der Waals surface area contributed by atoms with E-state index in [2.05, 4.69) is 20.5 Å². The van der Waals surface area contributed by atoms with E-state index in [-0.39, 0.29) is 24.8 Å². The van der Waals surface area contributed by atoms with Gasteiger partial charge in [0.2, 0.25) is 0 Å². The molecule has 4 rings (SSSR count). The second kappa shape index (κ2) is 7.14. The maximum absolute atomic E-state index is 13.4. The molecule has 2 aromatic heterocycles. The van der Waals surface area contributed by atoms with Crippen molar-refractivity contribution in [3.63, 3.8) is 0 Å². The van der Waals surface area contributed by atoms with Crippen LogP contribution in [-0.4, -0.2) is 27.0 Å². The molecule has 1 aliphatic rings. The number of aromatic nitrogens is 3. The van der Waals surface area contributed by atoms with E-state index in [9.17, 15) is 13.6 Å². The van der Waals surface area contributed by atoms with Gasteiger partial charge in [0.1, 0.15) is 0 Å². The number of pyridine rings is 1. The number of fused-ring (bicyclic) bond motifs is 1. The minimum atomic E-state index is -2.63. The van der Waals surface area contributed by atoms with E-state index in [4.69, 9.17) is 0 Å². The van der Waals surface area contributed by atoms with Gasteiger partial charge >= 0.3 is 0 Å². The molecule has 1 atom stereocenters. The number of halogens is 2. The van der Waals surface area contributed by atoms with Crippen molar-refractivity contribution in [3.05, 3.63) is 65.6 Å². The molecule has 0 aliphatic heterocycles. The number of H-pyrrole nitrogens is 1. The molecule has 28 heavy (non-hydrogen) atoms. The zero-order valence-electron chi connectivity index (χ0n) is 15.4. The van der Waals surface area contributed by atoms with Crippen molar-refractivity contribution >= 4 is 22.4 Å². The summed E-state index contributed by atoms with van der Waals surface area (Å²) >= 11 is 0. The second-order valence-electron chi connectivity index (χ2n) is 7.10. The number of nitrogens with zero attached hydrogens (tertiary/aromatic N) is 2. The molecular formula is C21H20F2N4O. The van der Waals surface area contributed by atoms with Gasteiger partial charge in [0.15, 0.2) is 0 Å². The van der Waals surface area contributed by atoms with Crippen molar-refractivity contribution in [3.8, 4) is 0 Å². The highest BCUT2D eigenvalue weighted by Crippen LogP contribution is 2.37. The van der Waals surface area contributed by atoms with E-state index in [0.29, 0.717) is 12.0 Å². The van der Waals surface area contributed by atoms with Crippen LogP contribution >= 0.6 is 0 Å². The lowest BCUT2D eigenvalue weighted by Crippen LogP contribution is -2.27. The smallest absolute Gasteiger partial charge is 0.253 e. The molecule has 144 valence electrons. The molecule has 7 heteroatoms. The van der Waals surface area contributed by atoms with Crippen molar-refractivity contribution in [2.45, 2.75) is 38.2 Å². The summed E-state index contributed by atoms with van der Waals surface area (Å²) in [6, 6.07) is 8.99. The van der Waals surface area contributed by atoms with Gasteiger partial charge in [-0.2, -0.15) is 5.10 Å². The average molecular weight is 382 g/mol. The number of alkyl halides is 2. The molecule has 0 bridgehead atoms. The molecule has 3 aromatic rings. The Morgan fingerprint density at radius 1 is 1.32 bits per heavy atom. The topological polar surface area (TPSA) is 70.7 Å². The Kier molecular flexibility index (Phi) is 4.66. The van der Waals surface area contributed by atoms with Crippen LogP contribution in [0.2, 0.25) is 0 Å². The van der Waals surface area contributed by atoms with Crippen LogP contribution in [0.3, 0.4) is 0 Å². The molecule has 0 radical (unpaired) electrons. The lowest BCUT2D eigenvalue weighted by Gasteiger charge is -2.22. The van der Waals surface area contributed by atoms with Gasteiger partial charge in [-0.25, -0.2) is 8.78 Å². The van der Waals surface area contributed by atoms with Gasteiger partial charge in [0.05, 0.1) is 22.8 Å². The summed E-state index contributed by atoms with van der Waals surface area (Å²) in [5.41, 5.74) is 3.71. The van der Waals surface area contributed by atoms with E-state index < -0.39 is 5.92 Å². The number of carbonyl (C=O) groups excluding carboxylic acids is 1. The van der Waals surface area contributed by atoms with Gasteiger partial charge in [0, 0.05) is 36.2 Å². The van der Waals surface area contributed by atoms with Gasteiger partial charge in [-0.15, -0.1) is 0 Å². The van der Waals surface area contributed by atoms with Crippen LogP contribution in [0.1, 0.15) is 53.8 Å². The Morgan fingerprint density at radius 3 is 2.89 bits per heavy atom. The number of amides is 1. The van der Waals surface area contributed by atoms with E-state index in [1.165, 1.54) is 6.20 Å². The summed E-state index contributed by atoms with van der Waals surface area (Å²) in [5, 5.41) is 10.4. The quantitative estimate of drug-likeness (QED) is 0.690. The van der Waals surface area contributed by atoms with Crippen molar-refractivity contribution < 1.29 is 13.6 Å². The van der Waals surface area contributed by atoms with Crippen LogP contribution in [0.5, 0.6) is 0 Å². The van der Waals surface area contributed by atoms with Crippen LogP contribution in [0, 0.1) is 0 Å². The summed E-state index contributed by atoms with van der Waals surface area (Å²) in [6.07, 6.45) is 4.68. The highest BCUT2D eigenvalue weighted by atomic mass is 19.3. The van der Waals surface area contributed by atoms with Crippen molar-refractivity contribution in [2.75, 3.05) is 0 Å². The maximum Gasteiger partial charge on any atom is 0.253 e. The standard InChI is InChI=1S/C21H20F2N4O/c1-13(18-7-10-25-27-18)26-20(28)16-11-15-3-2-4-17(19(15)24-12-16)14-5-8-21(22,23)9-6-14/h2-5,7,10-13H,6,8-9H2,1H3,(H,25,27)(H,26,28).